The van der Waals surface area contributed by atoms with E-state index in [4.69, 9.17) is 5.11 Å². The third-order valence-electron chi connectivity index (χ3n) is 3.01. The first-order chi connectivity index (χ1) is 8.99. The number of thiophene rings is 1. The Hall–Kier alpha value is -1.20. The predicted molar refractivity (Wildman–Crippen MR) is 76.7 cm³/mol. The number of aliphatic hydroxyl groups excluding tert-OH is 1. The van der Waals surface area contributed by atoms with Gasteiger partial charge in [-0.2, -0.15) is 0 Å². The van der Waals surface area contributed by atoms with Gasteiger partial charge < -0.3 is 10.0 Å². The Balaban J connectivity index is 2.54. The van der Waals surface area contributed by atoms with Crippen molar-refractivity contribution in [1.82, 2.24) is 4.90 Å². The van der Waals surface area contributed by atoms with Crippen LogP contribution in [0.4, 0.5) is 0 Å². The Morgan fingerprint density at radius 3 is 2.47 bits per heavy atom. The summed E-state index contributed by atoms with van der Waals surface area (Å²) in [6.45, 7) is 6.61. The second-order valence-electron chi connectivity index (χ2n) is 4.45. The van der Waals surface area contributed by atoms with Gasteiger partial charge in [-0.3, -0.25) is 9.59 Å². The van der Waals surface area contributed by atoms with Crippen LogP contribution in [-0.4, -0.2) is 41.4 Å². The normalized spacial score (nSPS) is 10.5. The van der Waals surface area contributed by atoms with Crippen molar-refractivity contribution < 1.29 is 14.7 Å². The van der Waals surface area contributed by atoms with Gasteiger partial charge in [0.2, 0.25) is 5.91 Å². The molecular formula is C14H21NO3S. The quantitative estimate of drug-likeness (QED) is 0.780. The lowest BCUT2D eigenvalue weighted by atomic mass is 10.1. The predicted octanol–water partition coefficient (Wildman–Crippen LogP) is 2.17. The number of Topliss-reactive ketones (excluding diaryl/α,β-unsaturated/α-hetero) is 1. The molecule has 0 radical (unpaired) electrons. The molecule has 4 nitrogen and oxygen atoms in total. The van der Waals surface area contributed by atoms with E-state index in [1.165, 1.54) is 0 Å². The zero-order chi connectivity index (χ0) is 14.4. The Morgan fingerprint density at radius 2 is 2.00 bits per heavy atom. The Morgan fingerprint density at radius 1 is 1.32 bits per heavy atom. The molecule has 0 aliphatic heterocycles. The number of carbonyl (C=O) groups excluding carboxylic acids is 2. The maximum Gasteiger partial charge on any atom is 0.223 e. The molecule has 1 heterocycles. The highest BCUT2D eigenvalue weighted by molar-refractivity contribution is 7.12. The van der Waals surface area contributed by atoms with Crippen molar-refractivity contribution in [2.45, 2.75) is 33.6 Å². The van der Waals surface area contributed by atoms with E-state index < -0.39 is 0 Å². The maximum absolute atomic E-state index is 12.0. The number of aryl methyl sites for hydroxylation is 2. The van der Waals surface area contributed by atoms with E-state index >= 15 is 0 Å². The minimum absolute atomic E-state index is 0.0234. The van der Waals surface area contributed by atoms with Crippen molar-refractivity contribution in [1.29, 1.82) is 0 Å². The molecule has 0 aliphatic rings. The fraction of sp³-hybridized carbons (Fsp3) is 0.571. The summed E-state index contributed by atoms with van der Waals surface area (Å²) >= 11 is 1.60. The van der Waals surface area contributed by atoms with E-state index in [0.717, 1.165) is 15.3 Å². The van der Waals surface area contributed by atoms with Crippen molar-refractivity contribution >= 4 is 23.0 Å². The molecule has 0 aliphatic carbocycles. The number of likely N-dealkylation sites (N-methyl/N-ethyl adjacent to an activating group) is 1. The number of carbonyl (C=O) groups is 2. The molecule has 0 saturated carbocycles. The van der Waals surface area contributed by atoms with Gasteiger partial charge in [0, 0.05) is 41.2 Å². The van der Waals surface area contributed by atoms with Crippen molar-refractivity contribution in [2.24, 2.45) is 0 Å². The zero-order valence-electron chi connectivity index (χ0n) is 11.7. The molecule has 0 spiro atoms. The van der Waals surface area contributed by atoms with E-state index in [2.05, 4.69) is 0 Å². The van der Waals surface area contributed by atoms with Crippen LogP contribution in [0.3, 0.4) is 0 Å². The highest BCUT2D eigenvalue weighted by Crippen LogP contribution is 2.22. The third kappa shape index (κ3) is 4.44. The summed E-state index contributed by atoms with van der Waals surface area (Å²) in [5.74, 6) is -0.0512. The van der Waals surface area contributed by atoms with Crippen molar-refractivity contribution in [2.75, 3.05) is 19.7 Å². The van der Waals surface area contributed by atoms with E-state index in [1.807, 2.05) is 26.8 Å². The van der Waals surface area contributed by atoms with Crippen LogP contribution in [-0.2, 0) is 4.79 Å². The van der Waals surface area contributed by atoms with E-state index in [9.17, 15) is 9.59 Å². The standard InChI is InChI=1S/C14H21NO3S/c1-4-15(7-8-16)14(18)6-5-13(17)12-9-10(2)19-11(12)3/h9,16H,4-8H2,1-3H3. The second kappa shape index (κ2) is 7.40. The van der Waals surface area contributed by atoms with Crippen molar-refractivity contribution in [3.05, 3.63) is 21.4 Å². The smallest absolute Gasteiger partial charge is 0.223 e. The zero-order valence-corrected chi connectivity index (χ0v) is 12.5. The van der Waals surface area contributed by atoms with Gasteiger partial charge in [-0.1, -0.05) is 0 Å². The summed E-state index contributed by atoms with van der Waals surface area (Å²) in [4.78, 5) is 27.6. The summed E-state index contributed by atoms with van der Waals surface area (Å²) in [6, 6.07) is 1.89. The molecule has 5 heteroatoms. The third-order valence-corrected chi connectivity index (χ3v) is 3.98. The van der Waals surface area contributed by atoms with Crippen LogP contribution in [0.25, 0.3) is 0 Å². The lowest BCUT2D eigenvalue weighted by Gasteiger charge is -2.19. The van der Waals surface area contributed by atoms with Crippen molar-refractivity contribution in [3.8, 4) is 0 Å². The first kappa shape index (κ1) is 15.9. The number of ketones is 1. The Labute approximate surface area is 118 Å². The first-order valence-corrected chi connectivity index (χ1v) is 7.30. The van der Waals surface area contributed by atoms with Crippen LogP contribution in [0, 0.1) is 13.8 Å². The van der Waals surface area contributed by atoms with Gasteiger partial charge >= 0.3 is 0 Å². The molecule has 0 fully saturated rings. The van der Waals surface area contributed by atoms with Gasteiger partial charge in [-0.15, -0.1) is 11.3 Å². The van der Waals surface area contributed by atoms with E-state index in [1.54, 1.807) is 16.2 Å². The van der Waals surface area contributed by atoms with E-state index in [-0.39, 0.29) is 31.1 Å². The molecule has 1 rings (SSSR count). The number of hydrogen-bond donors (Lipinski definition) is 1. The van der Waals surface area contributed by atoms with Gasteiger partial charge in [0.1, 0.15) is 0 Å². The molecule has 0 unspecified atom stereocenters. The fourth-order valence-corrected chi connectivity index (χ4v) is 2.94. The summed E-state index contributed by atoms with van der Waals surface area (Å²) in [5, 5.41) is 8.85. The molecular weight excluding hydrogens is 262 g/mol. The molecule has 19 heavy (non-hydrogen) atoms. The number of amides is 1. The van der Waals surface area contributed by atoms with Crippen molar-refractivity contribution in [3.63, 3.8) is 0 Å². The van der Waals surface area contributed by atoms with Crippen LogP contribution in [0.15, 0.2) is 6.07 Å². The number of hydrogen-bond acceptors (Lipinski definition) is 4. The van der Waals surface area contributed by atoms with Gasteiger partial charge in [0.05, 0.1) is 6.61 Å². The second-order valence-corrected chi connectivity index (χ2v) is 5.91. The topological polar surface area (TPSA) is 57.6 Å². The van der Waals surface area contributed by atoms with Gasteiger partial charge in [-0.05, 0) is 26.8 Å². The molecule has 0 aromatic carbocycles. The van der Waals surface area contributed by atoms with Crippen LogP contribution in [0.2, 0.25) is 0 Å². The van der Waals surface area contributed by atoms with E-state index in [0.29, 0.717) is 13.1 Å². The molecule has 1 aromatic rings. The van der Waals surface area contributed by atoms with Crippen LogP contribution < -0.4 is 0 Å². The average molecular weight is 283 g/mol. The molecule has 1 amide bonds. The molecule has 0 saturated heterocycles. The molecule has 106 valence electrons. The van der Waals surface area contributed by atoms with Gasteiger partial charge in [0.25, 0.3) is 0 Å². The Kier molecular flexibility index (Phi) is 6.18. The lowest BCUT2D eigenvalue weighted by Crippen LogP contribution is -2.33. The summed E-state index contributed by atoms with van der Waals surface area (Å²) < 4.78 is 0. The highest BCUT2D eigenvalue weighted by atomic mass is 32.1. The SMILES string of the molecule is CCN(CCO)C(=O)CCC(=O)c1cc(C)sc1C. The minimum Gasteiger partial charge on any atom is -0.395 e. The van der Waals surface area contributed by atoms with Crippen LogP contribution in [0.5, 0.6) is 0 Å². The molecule has 0 atom stereocenters. The fourth-order valence-electron chi connectivity index (χ4n) is 2.00. The highest BCUT2D eigenvalue weighted by Gasteiger charge is 2.16. The Bertz CT molecular complexity index is 454. The van der Waals surface area contributed by atoms with Crippen LogP contribution in [0.1, 0.15) is 39.9 Å². The van der Waals surface area contributed by atoms with Gasteiger partial charge in [0.15, 0.2) is 5.78 Å². The number of aliphatic hydroxyl groups is 1. The minimum atomic E-state index is -0.0745. The first-order valence-electron chi connectivity index (χ1n) is 6.48. The summed E-state index contributed by atoms with van der Waals surface area (Å²) in [6.07, 6.45) is 0.443. The lowest BCUT2D eigenvalue weighted by molar-refractivity contribution is -0.131. The average Bonchev–Trinajstić information content (AvgIpc) is 2.71. The monoisotopic (exact) mass is 283 g/mol. The number of rotatable bonds is 7. The maximum atomic E-state index is 12.0. The van der Waals surface area contributed by atoms with Gasteiger partial charge in [-0.25, -0.2) is 0 Å². The molecule has 1 N–H and O–H groups in total. The summed E-state index contributed by atoms with van der Waals surface area (Å²) in [5.41, 5.74) is 0.737. The molecule has 0 bridgehead atoms. The largest absolute Gasteiger partial charge is 0.395 e. The number of nitrogens with zero attached hydrogens (tertiary/aromatic N) is 1. The summed E-state index contributed by atoms with van der Waals surface area (Å²) in [7, 11) is 0. The van der Waals surface area contributed by atoms with Crippen LogP contribution >= 0.6 is 11.3 Å². The molecule has 1 aromatic heterocycles.